The van der Waals surface area contributed by atoms with Gasteiger partial charge in [0.1, 0.15) is 6.61 Å². The van der Waals surface area contributed by atoms with E-state index in [-0.39, 0.29) is 10.8 Å². The Hall–Kier alpha value is -0.380. The molecule has 1 amide bonds. The van der Waals surface area contributed by atoms with Gasteiger partial charge in [0.2, 0.25) is 0 Å². The number of ether oxygens (including phenoxy) is 1. The first-order valence-corrected chi connectivity index (χ1v) is 5.53. The van der Waals surface area contributed by atoms with Crippen molar-refractivity contribution < 1.29 is 9.53 Å². The molecule has 0 unspecified atom stereocenters. The van der Waals surface area contributed by atoms with Crippen LogP contribution in [0.4, 0.5) is 4.79 Å². The molecule has 76 valence electrons. The molecule has 0 aliphatic carbocycles. The summed E-state index contributed by atoms with van der Waals surface area (Å²) in [5.41, 5.74) is 0. The van der Waals surface area contributed by atoms with Crippen LogP contribution >= 0.6 is 11.8 Å². The molecular formula is C9H17NO2S. The van der Waals surface area contributed by atoms with Crippen molar-refractivity contribution in [3.8, 4) is 0 Å². The molecule has 1 rings (SSSR count). The van der Waals surface area contributed by atoms with Crippen molar-refractivity contribution in [2.75, 3.05) is 25.4 Å². The molecule has 1 fully saturated rings. The number of nitrogens with zero attached hydrogens (tertiary/aromatic N) is 1. The second kappa shape index (κ2) is 4.22. The van der Waals surface area contributed by atoms with Gasteiger partial charge in [-0.3, -0.25) is 0 Å². The predicted octanol–water partition coefficient (Wildman–Crippen LogP) is 1.97. The Labute approximate surface area is 83.8 Å². The fourth-order valence-electron chi connectivity index (χ4n) is 1.09. The number of cyclic esters (lactones) is 1. The van der Waals surface area contributed by atoms with E-state index in [1.807, 2.05) is 11.8 Å². The van der Waals surface area contributed by atoms with Gasteiger partial charge in [-0.2, -0.15) is 11.8 Å². The number of carbonyl (C=O) groups is 1. The SMILES string of the molecule is CC(C)(C)SCCN1CCOC1=O. The Morgan fingerprint density at radius 1 is 1.54 bits per heavy atom. The number of hydrogen-bond donors (Lipinski definition) is 0. The first-order valence-electron chi connectivity index (χ1n) is 4.55. The summed E-state index contributed by atoms with van der Waals surface area (Å²) in [4.78, 5) is 12.8. The zero-order valence-corrected chi connectivity index (χ0v) is 9.32. The summed E-state index contributed by atoms with van der Waals surface area (Å²) in [6.07, 6.45) is -0.158. The summed E-state index contributed by atoms with van der Waals surface area (Å²) in [7, 11) is 0. The molecule has 0 aromatic heterocycles. The highest BCUT2D eigenvalue weighted by Crippen LogP contribution is 2.23. The van der Waals surface area contributed by atoms with Gasteiger partial charge in [-0.15, -0.1) is 0 Å². The molecule has 0 atom stereocenters. The Bertz CT molecular complexity index is 189. The van der Waals surface area contributed by atoms with E-state index in [1.165, 1.54) is 0 Å². The lowest BCUT2D eigenvalue weighted by molar-refractivity contribution is 0.160. The molecule has 0 bridgehead atoms. The fraction of sp³-hybridized carbons (Fsp3) is 0.889. The van der Waals surface area contributed by atoms with Crippen LogP contribution in [-0.2, 0) is 4.74 Å². The van der Waals surface area contributed by atoms with E-state index in [4.69, 9.17) is 4.74 Å². The summed E-state index contributed by atoms with van der Waals surface area (Å²) in [6, 6.07) is 0. The average molecular weight is 203 g/mol. The number of amides is 1. The molecule has 1 heterocycles. The van der Waals surface area contributed by atoms with Crippen molar-refractivity contribution in [3.63, 3.8) is 0 Å². The molecule has 0 saturated carbocycles. The lowest BCUT2D eigenvalue weighted by Crippen LogP contribution is -2.27. The van der Waals surface area contributed by atoms with Gasteiger partial charge in [0.05, 0.1) is 6.54 Å². The largest absolute Gasteiger partial charge is 0.448 e. The van der Waals surface area contributed by atoms with Crippen molar-refractivity contribution in [2.45, 2.75) is 25.5 Å². The number of rotatable bonds is 3. The zero-order chi connectivity index (χ0) is 9.90. The predicted molar refractivity (Wildman–Crippen MR) is 55.1 cm³/mol. The van der Waals surface area contributed by atoms with Crippen LogP contribution < -0.4 is 0 Å². The van der Waals surface area contributed by atoms with E-state index in [9.17, 15) is 4.79 Å². The van der Waals surface area contributed by atoms with Crippen LogP contribution in [0.2, 0.25) is 0 Å². The Morgan fingerprint density at radius 2 is 2.23 bits per heavy atom. The van der Waals surface area contributed by atoms with E-state index < -0.39 is 0 Å². The highest BCUT2D eigenvalue weighted by molar-refractivity contribution is 8.00. The molecule has 3 nitrogen and oxygen atoms in total. The summed E-state index contributed by atoms with van der Waals surface area (Å²) >= 11 is 1.87. The van der Waals surface area contributed by atoms with Gasteiger partial charge in [0.25, 0.3) is 0 Å². The van der Waals surface area contributed by atoms with Crippen LogP contribution in [0.15, 0.2) is 0 Å². The van der Waals surface area contributed by atoms with Crippen LogP contribution in [0.3, 0.4) is 0 Å². The fourth-order valence-corrected chi connectivity index (χ4v) is 2.01. The standard InChI is InChI=1S/C9H17NO2S/c1-9(2,3)13-7-5-10-4-6-12-8(10)11/h4-7H2,1-3H3. The minimum atomic E-state index is -0.158. The quantitative estimate of drug-likeness (QED) is 0.702. The highest BCUT2D eigenvalue weighted by atomic mass is 32.2. The summed E-state index contributed by atoms with van der Waals surface area (Å²) in [5.74, 6) is 0.985. The molecule has 0 aromatic carbocycles. The molecule has 1 aliphatic rings. The zero-order valence-electron chi connectivity index (χ0n) is 8.50. The van der Waals surface area contributed by atoms with E-state index in [0.717, 1.165) is 18.8 Å². The van der Waals surface area contributed by atoms with Crippen LogP contribution in [0.25, 0.3) is 0 Å². The maximum Gasteiger partial charge on any atom is 0.409 e. The summed E-state index contributed by atoms with van der Waals surface area (Å²) in [5, 5.41) is 0. The lowest BCUT2D eigenvalue weighted by Gasteiger charge is -2.19. The smallest absolute Gasteiger partial charge is 0.409 e. The average Bonchev–Trinajstić information content (AvgIpc) is 2.34. The summed E-state index contributed by atoms with van der Waals surface area (Å²) in [6.45, 7) is 8.66. The second-order valence-electron chi connectivity index (χ2n) is 4.06. The van der Waals surface area contributed by atoms with Crippen molar-refractivity contribution >= 4 is 17.9 Å². The van der Waals surface area contributed by atoms with E-state index >= 15 is 0 Å². The third-order valence-electron chi connectivity index (χ3n) is 1.74. The maximum absolute atomic E-state index is 11.0. The van der Waals surface area contributed by atoms with Crippen LogP contribution in [0.1, 0.15) is 20.8 Å². The normalized spacial score (nSPS) is 17.8. The first kappa shape index (κ1) is 10.7. The van der Waals surface area contributed by atoms with Gasteiger partial charge >= 0.3 is 6.09 Å². The minimum absolute atomic E-state index is 0.158. The van der Waals surface area contributed by atoms with Crippen LogP contribution in [0, 0.1) is 0 Å². The number of hydrogen-bond acceptors (Lipinski definition) is 3. The van der Waals surface area contributed by atoms with Crippen LogP contribution in [0.5, 0.6) is 0 Å². The van der Waals surface area contributed by atoms with Gasteiger partial charge in [0.15, 0.2) is 0 Å². The molecule has 13 heavy (non-hydrogen) atoms. The third-order valence-corrected chi connectivity index (χ3v) is 2.99. The highest BCUT2D eigenvalue weighted by Gasteiger charge is 2.21. The van der Waals surface area contributed by atoms with Gasteiger partial charge < -0.3 is 9.64 Å². The first-order chi connectivity index (χ1) is 5.99. The van der Waals surface area contributed by atoms with Gasteiger partial charge in [-0.25, -0.2) is 4.79 Å². The molecule has 4 heteroatoms. The van der Waals surface area contributed by atoms with Crippen molar-refractivity contribution in [3.05, 3.63) is 0 Å². The lowest BCUT2D eigenvalue weighted by atomic mass is 10.3. The Balaban J connectivity index is 2.16. The van der Waals surface area contributed by atoms with Gasteiger partial charge in [0, 0.05) is 17.0 Å². The molecule has 0 radical (unpaired) electrons. The number of carbonyl (C=O) groups excluding carboxylic acids is 1. The Kier molecular flexibility index (Phi) is 3.47. The van der Waals surface area contributed by atoms with Crippen molar-refractivity contribution in [2.24, 2.45) is 0 Å². The van der Waals surface area contributed by atoms with E-state index in [0.29, 0.717) is 6.61 Å². The van der Waals surface area contributed by atoms with Gasteiger partial charge in [-0.1, -0.05) is 20.8 Å². The third kappa shape index (κ3) is 3.89. The minimum Gasteiger partial charge on any atom is -0.448 e. The van der Waals surface area contributed by atoms with Crippen molar-refractivity contribution in [1.82, 2.24) is 4.90 Å². The van der Waals surface area contributed by atoms with Crippen LogP contribution in [-0.4, -0.2) is 41.2 Å². The number of thioether (sulfide) groups is 1. The maximum atomic E-state index is 11.0. The summed E-state index contributed by atoms with van der Waals surface area (Å²) < 4.78 is 5.11. The topological polar surface area (TPSA) is 29.5 Å². The van der Waals surface area contributed by atoms with Crippen molar-refractivity contribution in [1.29, 1.82) is 0 Å². The molecule has 0 N–H and O–H groups in total. The molecular weight excluding hydrogens is 186 g/mol. The molecule has 1 saturated heterocycles. The van der Waals surface area contributed by atoms with Gasteiger partial charge in [-0.05, 0) is 0 Å². The monoisotopic (exact) mass is 203 g/mol. The Morgan fingerprint density at radius 3 is 2.69 bits per heavy atom. The van der Waals surface area contributed by atoms with E-state index in [2.05, 4.69) is 20.8 Å². The van der Waals surface area contributed by atoms with E-state index in [1.54, 1.807) is 4.90 Å². The molecule has 0 spiro atoms. The molecule has 1 aliphatic heterocycles. The second-order valence-corrected chi connectivity index (χ2v) is 5.98. The molecule has 0 aromatic rings.